The van der Waals surface area contributed by atoms with Gasteiger partial charge in [-0.3, -0.25) is 9.69 Å². The van der Waals surface area contributed by atoms with E-state index in [4.69, 9.17) is 16.3 Å². The second-order valence-corrected chi connectivity index (χ2v) is 10.8. The van der Waals surface area contributed by atoms with E-state index in [1.54, 1.807) is 0 Å². The van der Waals surface area contributed by atoms with Crippen LogP contribution in [0, 0.1) is 6.92 Å². The molecule has 2 saturated heterocycles. The summed E-state index contributed by atoms with van der Waals surface area (Å²) in [4.78, 5) is 16.1. The van der Waals surface area contributed by atoms with Gasteiger partial charge >= 0.3 is 0 Å². The summed E-state index contributed by atoms with van der Waals surface area (Å²) >= 11 is 6.25. The van der Waals surface area contributed by atoms with Crippen LogP contribution >= 0.6 is 11.6 Å². The number of carbonyl (C=O) groups excluding carboxylic acids is 1. The number of carbonyl (C=O) groups is 1. The normalized spacial score (nSPS) is 18.3. The van der Waals surface area contributed by atoms with Crippen LogP contribution in [0.3, 0.4) is 0 Å². The highest BCUT2D eigenvalue weighted by atomic mass is 35.5. The van der Waals surface area contributed by atoms with Gasteiger partial charge in [-0.2, -0.15) is 0 Å². The standard InChI is InChI=1S/C31H36ClN3O2/c1-23-9-11-25(12-10-23)31(15-17-33-18-16-31)30(36)34-26-13-19-35(20-14-26)22-24-5-4-6-27(21-24)37-29-8-3-2-7-28(29)32/h2-12,21,26,33H,13-20,22H2,1H3,(H,34,36). The van der Waals surface area contributed by atoms with Crippen LogP contribution in [0.15, 0.2) is 72.8 Å². The Bertz CT molecular complexity index is 1200. The van der Waals surface area contributed by atoms with Crippen molar-refractivity contribution in [3.63, 3.8) is 0 Å². The Kier molecular flexibility index (Phi) is 8.14. The molecule has 1 amide bonds. The predicted molar refractivity (Wildman–Crippen MR) is 149 cm³/mol. The topological polar surface area (TPSA) is 53.6 Å². The first kappa shape index (κ1) is 25.8. The van der Waals surface area contributed by atoms with E-state index in [0.29, 0.717) is 10.8 Å². The predicted octanol–water partition coefficient (Wildman–Crippen LogP) is 5.84. The number of ether oxygens (including phenoxy) is 1. The summed E-state index contributed by atoms with van der Waals surface area (Å²) < 4.78 is 6.01. The zero-order valence-electron chi connectivity index (χ0n) is 21.5. The number of piperidine rings is 2. The van der Waals surface area contributed by atoms with Crippen LogP contribution in [0.5, 0.6) is 11.5 Å². The van der Waals surface area contributed by atoms with Crippen LogP contribution in [0.4, 0.5) is 0 Å². The van der Waals surface area contributed by atoms with Crippen LogP contribution in [0.1, 0.15) is 42.4 Å². The summed E-state index contributed by atoms with van der Waals surface area (Å²) in [6.07, 6.45) is 3.61. The van der Waals surface area contributed by atoms with E-state index in [0.717, 1.165) is 69.7 Å². The van der Waals surface area contributed by atoms with Crippen LogP contribution in [-0.2, 0) is 16.8 Å². The van der Waals surface area contributed by atoms with E-state index in [1.165, 1.54) is 11.1 Å². The Hall–Kier alpha value is -2.86. The summed E-state index contributed by atoms with van der Waals surface area (Å²) in [6.45, 7) is 6.62. The van der Waals surface area contributed by atoms with Crippen molar-refractivity contribution in [1.29, 1.82) is 0 Å². The van der Waals surface area contributed by atoms with Gasteiger partial charge in [0.1, 0.15) is 11.5 Å². The molecule has 0 aliphatic carbocycles. The van der Waals surface area contributed by atoms with Crippen LogP contribution < -0.4 is 15.4 Å². The number of para-hydroxylation sites is 1. The molecule has 6 heteroatoms. The molecule has 37 heavy (non-hydrogen) atoms. The first-order valence-corrected chi connectivity index (χ1v) is 13.7. The van der Waals surface area contributed by atoms with Crippen molar-refractivity contribution in [2.45, 2.75) is 50.6 Å². The van der Waals surface area contributed by atoms with Crippen molar-refractivity contribution < 1.29 is 9.53 Å². The first-order valence-electron chi connectivity index (χ1n) is 13.3. The molecule has 0 unspecified atom stereocenters. The van der Waals surface area contributed by atoms with E-state index in [2.05, 4.69) is 58.9 Å². The molecule has 2 aliphatic heterocycles. The molecule has 0 atom stereocenters. The van der Waals surface area contributed by atoms with Gasteiger partial charge in [-0.15, -0.1) is 0 Å². The summed E-state index contributed by atoms with van der Waals surface area (Å²) in [5.41, 5.74) is 3.15. The van der Waals surface area contributed by atoms with E-state index in [-0.39, 0.29) is 11.9 Å². The lowest BCUT2D eigenvalue weighted by atomic mass is 9.72. The first-order chi connectivity index (χ1) is 18.0. The van der Waals surface area contributed by atoms with Crippen LogP contribution in [0.2, 0.25) is 5.02 Å². The third-order valence-corrected chi connectivity index (χ3v) is 8.10. The summed E-state index contributed by atoms with van der Waals surface area (Å²) in [6, 6.07) is 24.5. The van der Waals surface area contributed by atoms with Gasteiger partial charge in [0.05, 0.1) is 10.4 Å². The molecule has 0 saturated carbocycles. The minimum atomic E-state index is -0.432. The van der Waals surface area contributed by atoms with Crippen molar-refractivity contribution in [3.8, 4) is 11.5 Å². The molecule has 0 aromatic heterocycles. The fourth-order valence-electron chi connectivity index (χ4n) is 5.55. The number of nitrogens with zero attached hydrogens (tertiary/aromatic N) is 1. The highest BCUT2D eigenvalue weighted by molar-refractivity contribution is 6.32. The van der Waals surface area contributed by atoms with Gasteiger partial charge in [0.15, 0.2) is 0 Å². The number of hydrogen-bond donors (Lipinski definition) is 2. The number of benzene rings is 3. The number of halogens is 1. The zero-order chi connectivity index (χ0) is 25.7. The summed E-state index contributed by atoms with van der Waals surface area (Å²) in [5, 5.41) is 7.47. The molecule has 194 valence electrons. The fourth-order valence-corrected chi connectivity index (χ4v) is 5.73. The monoisotopic (exact) mass is 517 g/mol. The van der Waals surface area contributed by atoms with Crippen molar-refractivity contribution in [3.05, 3.63) is 94.5 Å². The van der Waals surface area contributed by atoms with E-state index >= 15 is 0 Å². The average molecular weight is 518 g/mol. The third kappa shape index (κ3) is 6.18. The molecular weight excluding hydrogens is 482 g/mol. The molecule has 0 spiro atoms. The highest BCUT2D eigenvalue weighted by Crippen LogP contribution is 2.35. The molecule has 3 aromatic rings. The van der Waals surface area contributed by atoms with Gasteiger partial charge in [-0.05, 0) is 81.1 Å². The molecule has 2 heterocycles. The lowest BCUT2D eigenvalue weighted by molar-refractivity contribution is -0.129. The minimum Gasteiger partial charge on any atom is -0.456 e. The quantitative estimate of drug-likeness (QED) is 0.413. The number of hydrogen-bond acceptors (Lipinski definition) is 4. The molecule has 0 bridgehead atoms. The lowest BCUT2D eigenvalue weighted by Gasteiger charge is -2.39. The maximum Gasteiger partial charge on any atom is 0.230 e. The lowest BCUT2D eigenvalue weighted by Crippen LogP contribution is -2.54. The highest BCUT2D eigenvalue weighted by Gasteiger charge is 2.42. The second-order valence-electron chi connectivity index (χ2n) is 10.4. The third-order valence-electron chi connectivity index (χ3n) is 7.79. The number of nitrogens with one attached hydrogen (secondary N) is 2. The Balaban J connectivity index is 1.17. The molecule has 5 nitrogen and oxygen atoms in total. The molecule has 0 radical (unpaired) electrons. The van der Waals surface area contributed by atoms with Crippen LogP contribution in [-0.4, -0.2) is 43.0 Å². The van der Waals surface area contributed by atoms with E-state index < -0.39 is 5.41 Å². The van der Waals surface area contributed by atoms with Gasteiger partial charge in [-0.25, -0.2) is 0 Å². The van der Waals surface area contributed by atoms with Gasteiger partial charge < -0.3 is 15.4 Å². The zero-order valence-corrected chi connectivity index (χ0v) is 22.3. The number of amides is 1. The Labute approximate surface area is 225 Å². The van der Waals surface area contributed by atoms with E-state index in [9.17, 15) is 4.79 Å². The molecule has 5 rings (SSSR count). The minimum absolute atomic E-state index is 0.195. The largest absolute Gasteiger partial charge is 0.456 e. The SMILES string of the molecule is Cc1ccc(C2(C(=O)NC3CCN(Cc4cccc(Oc5ccccc5Cl)c4)CC3)CCNCC2)cc1. The Morgan fingerprint density at radius 3 is 2.49 bits per heavy atom. The van der Waals surface area contributed by atoms with Gasteiger partial charge in [0.2, 0.25) is 5.91 Å². The van der Waals surface area contributed by atoms with Crippen molar-refractivity contribution >= 4 is 17.5 Å². The molecule has 2 N–H and O–H groups in total. The smallest absolute Gasteiger partial charge is 0.230 e. The average Bonchev–Trinajstić information content (AvgIpc) is 2.92. The van der Waals surface area contributed by atoms with Crippen molar-refractivity contribution in [2.75, 3.05) is 26.2 Å². The second kappa shape index (κ2) is 11.7. The van der Waals surface area contributed by atoms with Crippen molar-refractivity contribution in [1.82, 2.24) is 15.5 Å². The Morgan fingerprint density at radius 2 is 1.76 bits per heavy atom. The Morgan fingerprint density at radius 1 is 1.03 bits per heavy atom. The summed E-state index contributed by atoms with van der Waals surface area (Å²) in [5.74, 6) is 1.65. The molecule has 2 fully saturated rings. The molecule has 3 aromatic carbocycles. The fraction of sp³-hybridized carbons (Fsp3) is 0.387. The summed E-state index contributed by atoms with van der Waals surface area (Å²) in [7, 11) is 0. The van der Waals surface area contributed by atoms with Gasteiger partial charge in [0, 0.05) is 25.7 Å². The van der Waals surface area contributed by atoms with Gasteiger partial charge in [-0.1, -0.05) is 65.7 Å². The van der Waals surface area contributed by atoms with Crippen LogP contribution in [0.25, 0.3) is 0 Å². The number of aryl methyl sites for hydroxylation is 1. The van der Waals surface area contributed by atoms with E-state index in [1.807, 2.05) is 36.4 Å². The number of rotatable bonds is 7. The maximum atomic E-state index is 13.7. The van der Waals surface area contributed by atoms with Gasteiger partial charge in [0.25, 0.3) is 0 Å². The van der Waals surface area contributed by atoms with Crippen molar-refractivity contribution in [2.24, 2.45) is 0 Å². The maximum absolute atomic E-state index is 13.7. The molecule has 2 aliphatic rings. The molecular formula is C31H36ClN3O2. The number of likely N-dealkylation sites (tertiary alicyclic amines) is 1.